The first kappa shape index (κ1) is 17.7. The molecule has 2 aromatic rings. The van der Waals surface area contributed by atoms with Gasteiger partial charge in [0.2, 0.25) is 10.0 Å². The summed E-state index contributed by atoms with van der Waals surface area (Å²) in [6.07, 6.45) is 4.73. The summed E-state index contributed by atoms with van der Waals surface area (Å²) >= 11 is 0. The minimum absolute atomic E-state index is 0.296. The third kappa shape index (κ3) is 3.78. The summed E-state index contributed by atoms with van der Waals surface area (Å²) in [5, 5.41) is 0. The molecule has 1 aliphatic rings. The van der Waals surface area contributed by atoms with Crippen LogP contribution in [-0.4, -0.2) is 25.9 Å². The summed E-state index contributed by atoms with van der Waals surface area (Å²) in [5.41, 5.74) is 1.98. The molecule has 4 nitrogen and oxygen atoms in total. The van der Waals surface area contributed by atoms with Gasteiger partial charge >= 0.3 is 0 Å². The van der Waals surface area contributed by atoms with Crippen molar-refractivity contribution in [3.8, 4) is 5.75 Å². The first-order valence-electron chi connectivity index (χ1n) is 8.50. The Morgan fingerprint density at radius 3 is 2.40 bits per heavy atom. The molecule has 1 atom stereocenters. The average Bonchev–Trinajstić information content (AvgIpc) is 2.63. The van der Waals surface area contributed by atoms with Gasteiger partial charge in [-0.2, -0.15) is 4.31 Å². The fraction of sp³-hybridized carbons (Fsp3) is 0.300. The Kier molecular flexibility index (Phi) is 5.25. The normalized spacial score (nSPS) is 18.2. The Labute approximate surface area is 149 Å². The molecule has 0 saturated heterocycles. The average molecular weight is 357 g/mol. The van der Waals surface area contributed by atoms with E-state index < -0.39 is 10.0 Å². The highest BCUT2D eigenvalue weighted by atomic mass is 32.2. The van der Waals surface area contributed by atoms with Gasteiger partial charge in [-0.3, -0.25) is 0 Å². The molecule has 5 heteroatoms. The molecule has 0 N–H and O–H groups in total. The summed E-state index contributed by atoms with van der Waals surface area (Å²) in [4.78, 5) is 0.337. The fourth-order valence-corrected chi connectivity index (χ4v) is 4.57. The molecule has 0 unspecified atom stereocenters. The lowest BCUT2D eigenvalue weighted by Crippen LogP contribution is -2.36. The Balaban J connectivity index is 1.93. The van der Waals surface area contributed by atoms with E-state index in [-0.39, 0.29) is 6.04 Å². The summed E-state index contributed by atoms with van der Waals surface area (Å²) in [6.45, 7) is 4.97. The molecule has 0 amide bonds. The second-order valence-corrected chi connectivity index (χ2v) is 7.98. The number of ether oxygens (including phenoxy) is 1. The van der Waals surface area contributed by atoms with Crippen LogP contribution < -0.4 is 4.74 Å². The smallest absolute Gasteiger partial charge is 0.243 e. The van der Waals surface area contributed by atoms with Crippen LogP contribution in [-0.2, 0) is 10.0 Å². The maximum atomic E-state index is 13.1. The quantitative estimate of drug-likeness (QED) is 0.757. The maximum absolute atomic E-state index is 13.1. The molecule has 0 aromatic heterocycles. The lowest BCUT2D eigenvalue weighted by Gasteiger charge is -2.31. The van der Waals surface area contributed by atoms with E-state index in [0.717, 1.165) is 23.3 Å². The number of sulfonamides is 1. The van der Waals surface area contributed by atoms with E-state index in [1.807, 2.05) is 62.4 Å². The number of hydrogen-bond acceptors (Lipinski definition) is 3. The Bertz CT molecular complexity index is 840. The standard InChI is InChI=1S/C20H23NO3S/c1-3-24-18-11-9-17(10-12-18)20-6-4-5-15-21(20)25(22,23)19-13-7-16(2)8-14-19/h4,6-14,20H,3,5,15H2,1-2H3/t20-/m0/s1. The van der Waals surface area contributed by atoms with Gasteiger partial charge in [0.15, 0.2) is 0 Å². The third-order valence-corrected chi connectivity index (χ3v) is 6.20. The van der Waals surface area contributed by atoms with Crippen molar-refractivity contribution < 1.29 is 13.2 Å². The SMILES string of the molecule is CCOc1ccc([C@@H]2C=CCCN2S(=O)(=O)c2ccc(C)cc2)cc1. The maximum Gasteiger partial charge on any atom is 0.243 e. The van der Waals surface area contributed by atoms with Gasteiger partial charge < -0.3 is 4.74 Å². The number of benzene rings is 2. The van der Waals surface area contributed by atoms with Crippen molar-refractivity contribution >= 4 is 10.0 Å². The molecule has 1 aliphatic heterocycles. The summed E-state index contributed by atoms with van der Waals surface area (Å²) in [6, 6.07) is 14.4. The number of aryl methyl sites for hydroxylation is 1. The highest BCUT2D eigenvalue weighted by Crippen LogP contribution is 2.32. The molecule has 3 rings (SSSR count). The molecule has 132 valence electrons. The first-order chi connectivity index (χ1) is 12.0. The molecule has 1 heterocycles. The van der Waals surface area contributed by atoms with Crippen LogP contribution >= 0.6 is 0 Å². The predicted molar refractivity (Wildman–Crippen MR) is 99.2 cm³/mol. The Morgan fingerprint density at radius 2 is 1.76 bits per heavy atom. The van der Waals surface area contributed by atoms with E-state index in [0.29, 0.717) is 18.0 Å². The predicted octanol–water partition coefficient (Wildman–Crippen LogP) is 4.09. The van der Waals surface area contributed by atoms with E-state index >= 15 is 0 Å². The van der Waals surface area contributed by atoms with E-state index in [4.69, 9.17) is 4.74 Å². The van der Waals surface area contributed by atoms with Crippen molar-refractivity contribution in [1.29, 1.82) is 0 Å². The van der Waals surface area contributed by atoms with Crippen LogP contribution in [0.3, 0.4) is 0 Å². The molecular weight excluding hydrogens is 334 g/mol. The zero-order valence-corrected chi connectivity index (χ0v) is 15.4. The molecular formula is C20H23NO3S. The van der Waals surface area contributed by atoms with E-state index in [2.05, 4.69) is 0 Å². The van der Waals surface area contributed by atoms with E-state index in [1.54, 1.807) is 16.4 Å². The van der Waals surface area contributed by atoms with Crippen molar-refractivity contribution in [3.63, 3.8) is 0 Å². The van der Waals surface area contributed by atoms with Crippen LogP contribution in [0.5, 0.6) is 5.75 Å². The van der Waals surface area contributed by atoms with Crippen molar-refractivity contribution in [1.82, 2.24) is 4.31 Å². The molecule has 0 radical (unpaired) electrons. The van der Waals surface area contributed by atoms with Crippen molar-refractivity contribution in [2.75, 3.05) is 13.2 Å². The molecule has 0 aliphatic carbocycles. The summed E-state index contributed by atoms with van der Waals surface area (Å²) in [5.74, 6) is 0.791. The number of rotatable bonds is 5. The molecule has 2 aromatic carbocycles. The minimum Gasteiger partial charge on any atom is -0.494 e. The van der Waals surface area contributed by atoms with Gasteiger partial charge in [-0.25, -0.2) is 8.42 Å². The zero-order valence-electron chi connectivity index (χ0n) is 14.6. The van der Waals surface area contributed by atoms with Gasteiger partial charge in [-0.05, 0) is 50.1 Å². The van der Waals surface area contributed by atoms with Crippen molar-refractivity contribution in [3.05, 3.63) is 71.8 Å². The van der Waals surface area contributed by atoms with Gasteiger partial charge in [0.05, 0.1) is 17.5 Å². The van der Waals surface area contributed by atoms with E-state index in [1.165, 1.54) is 0 Å². The lowest BCUT2D eigenvalue weighted by atomic mass is 10.0. The highest BCUT2D eigenvalue weighted by Gasteiger charge is 2.32. The van der Waals surface area contributed by atoms with E-state index in [9.17, 15) is 8.42 Å². The lowest BCUT2D eigenvalue weighted by molar-refractivity contribution is 0.339. The number of nitrogens with zero attached hydrogens (tertiary/aromatic N) is 1. The first-order valence-corrected chi connectivity index (χ1v) is 9.94. The molecule has 0 spiro atoms. The van der Waals surface area contributed by atoms with Crippen LogP contribution in [0.25, 0.3) is 0 Å². The van der Waals surface area contributed by atoms with Gasteiger partial charge in [0, 0.05) is 6.54 Å². The largest absolute Gasteiger partial charge is 0.494 e. The van der Waals surface area contributed by atoms with Crippen LogP contribution in [0.2, 0.25) is 0 Å². The molecule has 25 heavy (non-hydrogen) atoms. The number of hydrogen-bond donors (Lipinski definition) is 0. The minimum atomic E-state index is -3.55. The molecule has 0 saturated carbocycles. The zero-order chi connectivity index (χ0) is 17.9. The van der Waals surface area contributed by atoms with Crippen molar-refractivity contribution in [2.45, 2.75) is 31.2 Å². The Hall–Kier alpha value is -2.11. The van der Waals surface area contributed by atoms with Gasteiger partial charge in [-0.15, -0.1) is 0 Å². The second-order valence-electron chi connectivity index (χ2n) is 6.09. The van der Waals surface area contributed by atoms with Crippen LogP contribution in [0.1, 0.15) is 30.5 Å². The summed E-state index contributed by atoms with van der Waals surface area (Å²) < 4.78 is 33.3. The monoisotopic (exact) mass is 357 g/mol. The van der Waals surface area contributed by atoms with Gasteiger partial charge in [-0.1, -0.05) is 42.0 Å². The van der Waals surface area contributed by atoms with Crippen molar-refractivity contribution in [2.24, 2.45) is 0 Å². The molecule has 0 bridgehead atoms. The second kappa shape index (κ2) is 7.42. The highest BCUT2D eigenvalue weighted by molar-refractivity contribution is 7.89. The van der Waals surface area contributed by atoms with Crippen LogP contribution in [0.15, 0.2) is 65.6 Å². The van der Waals surface area contributed by atoms with Crippen LogP contribution in [0.4, 0.5) is 0 Å². The fourth-order valence-electron chi connectivity index (χ4n) is 2.98. The van der Waals surface area contributed by atoms with Gasteiger partial charge in [0.25, 0.3) is 0 Å². The summed E-state index contributed by atoms with van der Waals surface area (Å²) in [7, 11) is -3.55. The molecule has 0 fully saturated rings. The third-order valence-electron chi connectivity index (χ3n) is 4.30. The van der Waals surface area contributed by atoms with Gasteiger partial charge in [0.1, 0.15) is 5.75 Å². The van der Waals surface area contributed by atoms with Crippen LogP contribution in [0, 0.1) is 6.92 Å². The topological polar surface area (TPSA) is 46.6 Å². The Morgan fingerprint density at radius 1 is 1.08 bits per heavy atom.